The molecule has 0 saturated carbocycles. The highest BCUT2D eigenvalue weighted by molar-refractivity contribution is 7.92. The van der Waals surface area contributed by atoms with Crippen LogP contribution in [0.15, 0.2) is 59.5 Å². The SMILES string of the molecule is CCCN(Cc1ccccc1)C(=O)c1ccc(S(=O)(=O)C(C)C)cc1. The van der Waals surface area contributed by atoms with Gasteiger partial charge in [-0.2, -0.15) is 0 Å². The molecule has 134 valence electrons. The zero-order valence-corrected chi connectivity index (χ0v) is 15.8. The number of benzene rings is 2. The predicted molar refractivity (Wildman–Crippen MR) is 100 cm³/mol. The zero-order valence-electron chi connectivity index (χ0n) is 15.0. The number of hydrogen-bond acceptors (Lipinski definition) is 3. The number of carbonyl (C=O) groups is 1. The molecule has 0 radical (unpaired) electrons. The van der Waals surface area contributed by atoms with E-state index in [2.05, 4.69) is 0 Å². The van der Waals surface area contributed by atoms with Gasteiger partial charge in [-0.3, -0.25) is 4.79 Å². The van der Waals surface area contributed by atoms with E-state index in [0.29, 0.717) is 18.7 Å². The first kappa shape index (κ1) is 19.2. The fourth-order valence-electron chi connectivity index (χ4n) is 2.57. The second-order valence-electron chi connectivity index (χ2n) is 6.33. The molecule has 2 rings (SSSR count). The van der Waals surface area contributed by atoms with Gasteiger partial charge in [-0.25, -0.2) is 8.42 Å². The van der Waals surface area contributed by atoms with Crippen molar-refractivity contribution >= 4 is 15.7 Å². The van der Waals surface area contributed by atoms with Crippen LogP contribution in [-0.2, 0) is 16.4 Å². The Bertz CT molecular complexity index is 797. The molecule has 2 aromatic rings. The maximum Gasteiger partial charge on any atom is 0.254 e. The first-order chi connectivity index (χ1) is 11.9. The molecule has 0 aliphatic heterocycles. The van der Waals surface area contributed by atoms with Crippen LogP contribution >= 0.6 is 0 Å². The molecular weight excluding hydrogens is 334 g/mol. The van der Waals surface area contributed by atoms with E-state index in [1.165, 1.54) is 12.1 Å². The molecule has 0 saturated heterocycles. The fraction of sp³-hybridized carbons (Fsp3) is 0.350. The normalized spacial score (nSPS) is 11.5. The molecule has 1 amide bonds. The summed E-state index contributed by atoms with van der Waals surface area (Å²) in [6, 6.07) is 16.1. The molecule has 0 unspecified atom stereocenters. The summed E-state index contributed by atoms with van der Waals surface area (Å²) in [5.41, 5.74) is 1.58. The molecule has 0 aliphatic carbocycles. The van der Waals surface area contributed by atoms with Crippen LogP contribution in [0.5, 0.6) is 0 Å². The van der Waals surface area contributed by atoms with Crippen LogP contribution in [0, 0.1) is 0 Å². The number of nitrogens with zero attached hydrogens (tertiary/aromatic N) is 1. The summed E-state index contributed by atoms with van der Waals surface area (Å²) in [6.07, 6.45) is 0.860. The molecular formula is C20H25NO3S. The summed E-state index contributed by atoms with van der Waals surface area (Å²) in [6.45, 7) is 6.53. The van der Waals surface area contributed by atoms with Gasteiger partial charge in [0, 0.05) is 18.7 Å². The van der Waals surface area contributed by atoms with Crippen molar-refractivity contribution in [2.24, 2.45) is 0 Å². The molecule has 0 heterocycles. The van der Waals surface area contributed by atoms with E-state index in [1.807, 2.05) is 37.3 Å². The summed E-state index contributed by atoms with van der Waals surface area (Å²) in [4.78, 5) is 14.9. The average Bonchev–Trinajstić information content (AvgIpc) is 2.61. The van der Waals surface area contributed by atoms with Gasteiger partial charge in [0.1, 0.15) is 0 Å². The molecule has 25 heavy (non-hydrogen) atoms. The van der Waals surface area contributed by atoms with Crippen molar-refractivity contribution in [3.05, 3.63) is 65.7 Å². The molecule has 2 aromatic carbocycles. The molecule has 0 spiro atoms. The van der Waals surface area contributed by atoms with E-state index in [-0.39, 0.29) is 10.8 Å². The Morgan fingerprint density at radius 3 is 2.12 bits per heavy atom. The van der Waals surface area contributed by atoms with Crippen LogP contribution in [0.25, 0.3) is 0 Å². The van der Waals surface area contributed by atoms with Gasteiger partial charge in [0.25, 0.3) is 5.91 Å². The van der Waals surface area contributed by atoms with Gasteiger partial charge in [-0.15, -0.1) is 0 Å². The molecule has 0 aliphatic rings. The third kappa shape index (κ3) is 4.69. The van der Waals surface area contributed by atoms with Crippen LogP contribution in [0.1, 0.15) is 43.1 Å². The smallest absolute Gasteiger partial charge is 0.254 e. The average molecular weight is 359 g/mol. The highest BCUT2D eigenvalue weighted by Crippen LogP contribution is 2.18. The largest absolute Gasteiger partial charge is 0.334 e. The summed E-state index contributed by atoms with van der Waals surface area (Å²) in [7, 11) is -3.32. The Hall–Kier alpha value is -2.14. The lowest BCUT2D eigenvalue weighted by atomic mass is 10.1. The topological polar surface area (TPSA) is 54.5 Å². The summed E-state index contributed by atoms with van der Waals surface area (Å²) in [5.74, 6) is -0.0841. The van der Waals surface area contributed by atoms with Gasteiger partial charge in [-0.1, -0.05) is 37.3 Å². The minimum absolute atomic E-state index is 0.0841. The number of rotatable bonds is 7. The maximum atomic E-state index is 12.8. The number of carbonyl (C=O) groups excluding carboxylic acids is 1. The number of sulfone groups is 1. The predicted octanol–water partition coefficient (Wildman–Crippen LogP) is 3.92. The van der Waals surface area contributed by atoms with E-state index >= 15 is 0 Å². The lowest BCUT2D eigenvalue weighted by Crippen LogP contribution is -2.31. The minimum atomic E-state index is -3.32. The quantitative estimate of drug-likeness (QED) is 0.753. The van der Waals surface area contributed by atoms with E-state index in [1.54, 1.807) is 30.9 Å². The summed E-state index contributed by atoms with van der Waals surface area (Å²) < 4.78 is 24.4. The van der Waals surface area contributed by atoms with Gasteiger partial charge >= 0.3 is 0 Å². The molecule has 5 heteroatoms. The molecule has 0 N–H and O–H groups in total. The summed E-state index contributed by atoms with van der Waals surface area (Å²) in [5, 5.41) is -0.483. The van der Waals surface area contributed by atoms with E-state index in [0.717, 1.165) is 12.0 Å². The fourth-order valence-corrected chi connectivity index (χ4v) is 3.63. The van der Waals surface area contributed by atoms with Crippen molar-refractivity contribution in [2.45, 2.75) is 43.9 Å². The Morgan fingerprint density at radius 2 is 1.60 bits per heavy atom. The van der Waals surface area contributed by atoms with Gasteiger partial charge in [0.15, 0.2) is 9.84 Å². The second kappa shape index (κ2) is 8.30. The number of hydrogen-bond donors (Lipinski definition) is 0. The van der Waals surface area contributed by atoms with Gasteiger partial charge in [-0.05, 0) is 50.1 Å². The monoisotopic (exact) mass is 359 g/mol. The van der Waals surface area contributed by atoms with Gasteiger partial charge in [0.05, 0.1) is 10.1 Å². The molecule has 0 aromatic heterocycles. The van der Waals surface area contributed by atoms with Gasteiger partial charge in [0.2, 0.25) is 0 Å². The molecule has 0 fully saturated rings. The van der Waals surface area contributed by atoms with Crippen molar-refractivity contribution in [3.8, 4) is 0 Å². The lowest BCUT2D eigenvalue weighted by molar-refractivity contribution is 0.0743. The highest BCUT2D eigenvalue weighted by Gasteiger charge is 2.20. The van der Waals surface area contributed by atoms with Crippen LogP contribution in [0.4, 0.5) is 0 Å². The van der Waals surface area contributed by atoms with Crippen molar-refractivity contribution in [3.63, 3.8) is 0 Å². The Morgan fingerprint density at radius 1 is 1.00 bits per heavy atom. The summed E-state index contributed by atoms with van der Waals surface area (Å²) >= 11 is 0. The van der Waals surface area contributed by atoms with Crippen molar-refractivity contribution in [1.29, 1.82) is 0 Å². The Balaban J connectivity index is 2.22. The van der Waals surface area contributed by atoms with Crippen LogP contribution in [0.3, 0.4) is 0 Å². The standard InChI is InChI=1S/C20H25NO3S/c1-4-14-21(15-17-8-6-5-7-9-17)20(22)18-10-12-19(13-11-18)25(23,24)16(2)3/h5-13,16H,4,14-15H2,1-3H3. The van der Waals surface area contributed by atoms with E-state index in [4.69, 9.17) is 0 Å². The van der Waals surface area contributed by atoms with Crippen LogP contribution < -0.4 is 0 Å². The maximum absolute atomic E-state index is 12.8. The molecule has 4 nitrogen and oxygen atoms in total. The highest BCUT2D eigenvalue weighted by atomic mass is 32.2. The van der Waals surface area contributed by atoms with Crippen molar-refractivity contribution < 1.29 is 13.2 Å². The van der Waals surface area contributed by atoms with Gasteiger partial charge < -0.3 is 4.90 Å². The van der Waals surface area contributed by atoms with Crippen LogP contribution in [-0.4, -0.2) is 31.0 Å². The number of amides is 1. The zero-order chi connectivity index (χ0) is 18.4. The van der Waals surface area contributed by atoms with E-state index in [9.17, 15) is 13.2 Å². The van der Waals surface area contributed by atoms with Crippen molar-refractivity contribution in [2.75, 3.05) is 6.54 Å². The lowest BCUT2D eigenvalue weighted by Gasteiger charge is -2.22. The van der Waals surface area contributed by atoms with E-state index < -0.39 is 15.1 Å². The third-order valence-electron chi connectivity index (χ3n) is 4.05. The third-order valence-corrected chi connectivity index (χ3v) is 6.22. The van der Waals surface area contributed by atoms with Crippen LogP contribution in [0.2, 0.25) is 0 Å². The van der Waals surface area contributed by atoms with Crippen molar-refractivity contribution in [1.82, 2.24) is 4.90 Å². The second-order valence-corrected chi connectivity index (χ2v) is 8.83. The Kier molecular flexibility index (Phi) is 6.37. The first-order valence-corrected chi connectivity index (χ1v) is 10.1. The first-order valence-electron chi connectivity index (χ1n) is 8.53. The minimum Gasteiger partial charge on any atom is -0.334 e. The molecule has 0 bridgehead atoms. The molecule has 0 atom stereocenters. The Labute approximate surface area is 150 Å².